The van der Waals surface area contributed by atoms with Crippen LogP contribution in [0.15, 0.2) is 41.3 Å². The molecule has 0 aromatic heterocycles. The van der Waals surface area contributed by atoms with Crippen LogP contribution in [0.3, 0.4) is 0 Å². The Morgan fingerprint density at radius 3 is 2.57 bits per heavy atom. The predicted octanol–water partition coefficient (Wildman–Crippen LogP) is 4.23. The molecule has 0 atom stereocenters. The fourth-order valence-corrected chi connectivity index (χ4v) is 2.83. The maximum atomic E-state index is 13.5. The first-order valence-electron chi connectivity index (χ1n) is 6.64. The van der Waals surface area contributed by atoms with Crippen LogP contribution in [0.1, 0.15) is 0 Å². The number of methoxy groups -OCH3 is 2. The number of anilines is 1. The first-order chi connectivity index (χ1) is 11.0. The van der Waals surface area contributed by atoms with Crippen LogP contribution >= 0.6 is 23.4 Å². The summed E-state index contributed by atoms with van der Waals surface area (Å²) in [6.45, 7) is 0. The van der Waals surface area contributed by atoms with Crippen LogP contribution in [0.2, 0.25) is 5.02 Å². The van der Waals surface area contributed by atoms with E-state index < -0.39 is 0 Å². The zero-order valence-electron chi connectivity index (χ0n) is 12.6. The molecule has 2 aromatic rings. The molecule has 1 N–H and O–H groups in total. The van der Waals surface area contributed by atoms with Gasteiger partial charge in [0.2, 0.25) is 5.91 Å². The van der Waals surface area contributed by atoms with Crippen molar-refractivity contribution in [3.63, 3.8) is 0 Å². The molecule has 2 aromatic carbocycles. The Morgan fingerprint density at radius 2 is 1.91 bits per heavy atom. The Balaban J connectivity index is 2.05. The zero-order valence-corrected chi connectivity index (χ0v) is 14.1. The Kier molecular flexibility index (Phi) is 6.12. The summed E-state index contributed by atoms with van der Waals surface area (Å²) in [5, 5.41) is 3.05. The molecule has 0 heterocycles. The molecule has 23 heavy (non-hydrogen) atoms. The molecule has 0 aliphatic rings. The Hall–Kier alpha value is -1.92. The summed E-state index contributed by atoms with van der Waals surface area (Å²) in [4.78, 5) is 12.5. The van der Waals surface area contributed by atoms with Gasteiger partial charge in [-0.2, -0.15) is 0 Å². The smallest absolute Gasteiger partial charge is 0.234 e. The zero-order chi connectivity index (χ0) is 16.8. The number of hydrogen-bond acceptors (Lipinski definition) is 4. The Labute approximate surface area is 142 Å². The van der Waals surface area contributed by atoms with Crippen molar-refractivity contribution in [2.45, 2.75) is 4.90 Å². The molecule has 0 fully saturated rings. The molecule has 0 bridgehead atoms. The van der Waals surface area contributed by atoms with Crippen LogP contribution in [0.25, 0.3) is 0 Å². The van der Waals surface area contributed by atoms with Gasteiger partial charge in [0.1, 0.15) is 17.3 Å². The van der Waals surface area contributed by atoms with Gasteiger partial charge < -0.3 is 14.8 Å². The van der Waals surface area contributed by atoms with Gasteiger partial charge in [0.05, 0.1) is 30.7 Å². The van der Waals surface area contributed by atoms with Crippen molar-refractivity contribution in [1.29, 1.82) is 0 Å². The molecule has 0 spiro atoms. The molecule has 4 nitrogen and oxygen atoms in total. The van der Waals surface area contributed by atoms with Gasteiger partial charge in [0.25, 0.3) is 0 Å². The van der Waals surface area contributed by atoms with Gasteiger partial charge in [0, 0.05) is 11.0 Å². The average molecular weight is 356 g/mol. The molecular formula is C16H15ClFNO3S. The highest BCUT2D eigenvalue weighted by Gasteiger charge is 2.13. The summed E-state index contributed by atoms with van der Waals surface area (Å²) in [6, 6.07) is 9.43. The highest BCUT2D eigenvalue weighted by molar-refractivity contribution is 8.00. The summed E-state index contributed by atoms with van der Waals surface area (Å²) in [5.74, 6) is 0.291. The summed E-state index contributed by atoms with van der Waals surface area (Å²) < 4.78 is 23.8. The highest BCUT2D eigenvalue weighted by Crippen LogP contribution is 2.36. The fraction of sp³-hybridized carbons (Fsp3) is 0.188. The first kappa shape index (κ1) is 17.4. The Bertz CT molecular complexity index is 712. The minimum absolute atomic E-state index is 0.0632. The summed E-state index contributed by atoms with van der Waals surface area (Å²) in [6.07, 6.45) is 0. The fourth-order valence-electron chi connectivity index (χ4n) is 1.85. The second-order valence-corrected chi connectivity index (χ2v) is 5.88. The van der Waals surface area contributed by atoms with E-state index in [1.807, 2.05) is 0 Å². The first-order valence-corrected chi connectivity index (χ1v) is 8.00. The standard InChI is InChI=1S/C16H15ClFNO3S/c1-21-13-8-14(22-2)12(7-10(13)17)19-16(20)9-23-15-6-4-3-5-11(15)18/h3-8H,9H2,1-2H3,(H,19,20). The summed E-state index contributed by atoms with van der Waals surface area (Å²) in [7, 11) is 2.97. The third-order valence-corrected chi connectivity index (χ3v) is 4.29. The highest BCUT2D eigenvalue weighted by atomic mass is 35.5. The van der Waals surface area contributed by atoms with Crippen molar-refractivity contribution >= 4 is 35.0 Å². The molecule has 0 saturated carbocycles. The van der Waals surface area contributed by atoms with Crippen LogP contribution in [-0.2, 0) is 4.79 Å². The number of benzene rings is 2. The van der Waals surface area contributed by atoms with Crippen molar-refractivity contribution in [2.75, 3.05) is 25.3 Å². The molecule has 2 rings (SSSR count). The van der Waals surface area contributed by atoms with Crippen LogP contribution in [-0.4, -0.2) is 25.9 Å². The normalized spacial score (nSPS) is 10.3. The van der Waals surface area contributed by atoms with E-state index in [2.05, 4.69) is 5.32 Å². The van der Waals surface area contributed by atoms with Gasteiger partial charge >= 0.3 is 0 Å². The van der Waals surface area contributed by atoms with E-state index in [0.29, 0.717) is 27.1 Å². The van der Waals surface area contributed by atoms with E-state index >= 15 is 0 Å². The summed E-state index contributed by atoms with van der Waals surface area (Å²) >= 11 is 7.16. The number of halogens is 2. The monoisotopic (exact) mass is 355 g/mol. The number of carbonyl (C=O) groups is 1. The predicted molar refractivity (Wildman–Crippen MR) is 90.3 cm³/mol. The van der Waals surface area contributed by atoms with E-state index in [1.54, 1.807) is 30.3 Å². The third-order valence-electron chi connectivity index (χ3n) is 2.94. The van der Waals surface area contributed by atoms with Crippen LogP contribution in [0, 0.1) is 5.82 Å². The molecule has 7 heteroatoms. The average Bonchev–Trinajstić information content (AvgIpc) is 2.54. The minimum atomic E-state index is -0.352. The SMILES string of the molecule is COc1cc(OC)c(NC(=O)CSc2ccccc2F)cc1Cl. The second kappa shape index (κ2) is 8.08. The van der Waals surface area contributed by atoms with Crippen molar-refractivity contribution < 1.29 is 18.7 Å². The van der Waals surface area contributed by atoms with Gasteiger partial charge in [-0.05, 0) is 18.2 Å². The third kappa shape index (κ3) is 4.53. The van der Waals surface area contributed by atoms with Gasteiger partial charge in [-0.25, -0.2) is 4.39 Å². The second-order valence-electron chi connectivity index (χ2n) is 4.45. The lowest BCUT2D eigenvalue weighted by molar-refractivity contribution is -0.113. The number of thioether (sulfide) groups is 1. The lowest BCUT2D eigenvalue weighted by atomic mass is 10.2. The number of rotatable bonds is 6. The van der Waals surface area contributed by atoms with Crippen molar-refractivity contribution in [3.05, 3.63) is 47.2 Å². The van der Waals surface area contributed by atoms with Gasteiger partial charge in [-0.3, -0.25) is 4.79 Å². The van der Waals surface area contributed by atoms with Crippen molar-refractivity contribution in [1.82, 2.24) is 0 Å². The lowest BCUT2D eigenvalue weighted by Crippen LogP contribution is -2.15. The maximum absolute atomic E-state index is 13.5. The molecule has 0 unspecified atom stereocenters. The summed E-state index contributed by atoms with van der Waals surface area (Å²) in [5.41, 5.74) is 0.428. The number of carbonyl (C=O) groups excluding carboxylic acids is 1. The minimum Gasteiger partial charge on any atom is -0.495 e. The topological polar surface area (TPSA) is 47.6 Å². The molecule has 0 radical (unpaired) electrons. The van der Waals surface area contributed by atoms with E-state index in [-0.39, 0.29) is 17.5 Å². The number of nitrogens with one attached hydrogen (secondary N) is 1. The van der Waals surface area contributed by atoms with E-state index in [9.17, 15) is 9.18 Å². The van der Waals surface area contributed by atoms with E-state index in [4.69, 9.17) is 21.1 Å². The molecule has 0 saturated heterocycles. The van der Waals surface area contributed by atoms with E-state index in [1.165, 1.54) is 20.3 Å². The number of ether oxygens (including phenoxy) is 2. The molecule has 122 valence electrons. The van der Waals surface area contributed by atoms with Crippen molar-refractivity contribution in [2.24, 2.45) is 0 Å². The Morgan fingerprint density at radius 1 is 1.22 bits per heavy atom. The molecular weight excluding hydrogens is 341 g/mol. The number of hydrogen-bond donors (Lipinski definition) is 1. The van der Waals surface area contributed by atoms with Crippen LogP contribution in [0.5, 0.6) is 11.5 Å². The largest absolute Gasteiger partial charge is 0.495 e. The molecule has 1 amide bonds. The molecule has 0 aliphatic carbocycles. The van der Waals surface area contributed by atoms with Crippen LogP contribution in [0.4, 0.5) is 10.1 Å². The van der Waals surface area contributed by atoms with Crippen LogP contribution < -0.4 is 14.8 Å². The van der Waals surface area contributed by atoms with Gasteiger partial charge in [-0.15, -0.1) is 11.8 Å². The molecule has 0 aliphatic heterocycles. The van der Waals surface area contributed by atoms with Crippen molar-refractivity contribution in [3.8, 4) is 11.5 Å². The quantitative estimate of drug-likeness (QED) is 0.788. The number of amides is 1. The maximum Gasteiger partial charge on any atom is 0.234 e. The lowest BCUT2D eigenvalue weighted by Gasteiger charge is -2.13. The van der Waals surface area contributed by atoms with Gasteiger partial charge in [0.15, 0.2) is 0 Å². The van der Waals surface area contributed by atoms with Gasteiger partial charge in [-0.1, -0.05) is 23.7 Å². The van der Waals surface area contributed by atoms with E-state index in [0.717, 1.165) is 11.8 Å².